The predicted octanol–water partition coefficient (Wildman–Crippen LogP) is 3.84. The molecule has 5 nitrogen and oxygen atoms in total. The van der Waals surface area contributed by atoms with Crippen molar-refractivity contribution in [2.45, 2.75) is 6.42 Å². The zero-order chi connectivity index (χ0) is 18.5. The first-order valence-electron chi connectivity index (χ1n) is 9.33. The Kier molecular flexibility index (Phi) is 7.39. The van der Waals surface area contributed by atoms with Crippen LogP contribution in [0.5, 0.6) is 0 Å². The lowest BCUT2D eigenvalue weighted by Crippen LogP contribution is -2.38. The molecule has 28 heavy (non-hydrogen) atoms. The molecule has 1 amide bonds. The lowest BCUT2D eigenvalue weighted by molar-refractivity contribution is 0.0374. The third-order valence-electron chi connectivity index (χ3n) is 4.77. The molecule has 0 atom stereocenters. The summed E-state index contributed by atoms with van der Waals surface area (Å²) < 4.78 is 5.37. The van der Waals surface area contributed by atoms with Gasteiger partial charge < -0.3 is 10.1 Å². The number of hydrogen-bond donors (Lipinski definition) is 1. The number of para-hydroxylation sites is 1. The first kappa shape index (κ1) is 20.7. The number of benzene rings is 1. The molecule has 2 aromatic heterocycles. The van der Waals surface area contributed by atoms with E-state index >= 15 is 0 Å². The van der Waals surface area contributed by atoms with Crippen LogP contribution < -0.4 is 5.32 Å². The monoisotopic (exact) mass is 417 g/mol. The average Bonchev–Trinajstić information content (AvgIpc) is 3.26. The van der Waals surface area contributed by atoms with E-state index in [0.717, 1.165) is 60.7 Å². The molecule has 148 valence electrons. The summed E-state index contributed by atoms with van der Waals surface area (Å²) in [6.07, 6.45) is 0.937. The Labute approximate surface area is 175 Å². The Morgan fingerprint density at radius 2 is 2.00 bits per heavy atom. The number of ether oxygens (including phenoxy) is 1. The first-order chi connectivity index (χ1) is 13.3. The number of morpholine rings is 1. The molecule has 0 unspecified atom stereocenters. The van der Waals surface area contributed by atoms with Gasteiger partial charge in [-0.05, 0) is 36.5 Å². The van der Waals surface area contributed by atoms with Gasteiger partial charge in [-0.1, -0.05) is 24.3 Å². The summed E-state index contributed by atoms with van der Waals surface area (Å²) in [5.74, 6) is -0.0339. The molecule has 1 aliphatic rings. The second kappa shape index (κ2) is 9.98. The van der Waals surface area contributed by atoms with Crippen molar-refractivity contribution in [1.29, 1.82) is 0 Å². The minimum atomic E-state index is -0.0339. The van der Waals surface area contributed by atoms with Crippen molar-refractivity contribution in [3.63, 3.8) is 0 Å². The van der Waals surface area contributed by atoms with E-state index in [1.165, 1.54) is 0 Å². The van der Waals surface area contributed by atoms with Crippen LogP contribution in [0, 0.1) is 0 Å². The van der Waals surface area contributed by atoms with Crippen molar-refractivity contribution in [3.8, 4) is 10.6 Å². The van der Waals surface area contributed by atoms with Gasteiger partial charge in [-0.15, -0.1) is 23.7 Å². The second-order valence-corrected chi connectivity index (χ2v) is 7.56. The highest BCUT2D eigenvalue weighted by Gasteiger charge is 2.14. The maximum absolute atomic E-state index is 12.9. The smallest absolute Gasteiger partial charge is 0.252 e. The Morgan fingerprint density at radius 1 is 1.18 bits per heavy atom. The summed E-state index contributed by atoms with van der Waals surface area (Å²) in [7, 11) is 0. The molecule has 3 aromatic rings. The van der Waals surface area contributed by atoms with Crippen LogP contribution in [0.4, 0.5) is 0 Å². The third kappa shape index (κ3) is 4.89. The zero-order valence-corrected chi connectivity index (χ0v) is 17.2. The molecule has 0 saturated carbocycles. The molecular weight excluding hydrogens is 394 g/mol. The standard InChI is InChI=1S/C21H23N3O2S.ClH/c25-21(22-8-4-9-24-10-12-26-13-11-24)17-15-19(20-7-3-14-27-20)23-18-6-2-1-5-16(17)18;/h1-3,5-7,14-15H,4,8-13H2,(H,22,25);1H. The van der Waals surface area contributed by atoms with E-state index in [4.69, 9.17) is 9.72 Å². The molecule has 1 aliphatic heterocycles. The van der Waals surface area contributed by atoms with Gasteiger partial charge in [0.25, 0.3) is 5.91 Å². The Bertz CT molecular complexity index is 911. The molecule has 0 radical (unpaired) electrons. The number of thiophene rings is 1. The summed E-state index contributed by atoms with van der Waals surface area (Å²) >= 11 is 1.63. The summed E-state index contributed by atoms with van der Waals surface area (Å²) in [5, 5.41) is 6.00. The number of hydrogen-bond acceptors (Lipinski definition) is 5. The number of aromatic nitrogens is 1. The number of halogens is 1. The predicted molar refractivity (Wildman–Crippen MR) is 117 cm³/mol. The fourth-order valence-corrected chi connectivity index (χ4v) is 4.02. The minimum Gasteiger partial charge on any atom is -0.379 e. The van der Waals surface area contributed by atoms with Crippen molar-refractivity contribution < 1.29 is 9.53 Å². The largest absolute Gasteiger partial charge is 0.379 e. The highest BCUT2D eigenvalue weighted by Crippen LogP contribution is 2.27. The van der Waals surface area contributed by atoms with Crippen LogP contribution in [0.3, 0.4) is 0 Å². The van der Waals surface area contributed by atoms with Gasteiger partial charge in [0, 0.05) is 25.0 Å². The van der Waals surface area contributed by atoms with E-state index in [-0.39, 0.29) is 18.3 Å². The lowest BCUT2D eigenvalue weighted by Gasteiger charge is -2.26. The average molecular weight is 418 g/mol. The molecule has 1 saturated heterocycles. The number of nitrogens with one attached hydrogen (secondary N) is 1. The van der Waals surface area contributed by atoms with Gasteiger partial charge in [-0.2, -0.15) is 0 Å². The van der Waals surface area contributed by atoms with Crippen LogP contribution in [0.25, 0.3) is 21.5 Å². The molecule has 7 heteroatoms. The number of amides is 1. The first-order valence-corrected chi connectivity index (χ1v) is 10.2. The second-order valence-electron chi connectivity index (χ2n) is 6.61. The van der Waals surface area contributed by atoms with E-state index in [1.54, 1.807) is 11.3 Å². The van der Waals surface area contributed by atoms with Gasteiger partial charge in [0.2, 0.25) is 0 Å². The highest BCUT2D eigenvalue weighted by molar-refractivity contribution is 7.13. The number of pyridine rings is 1. The van der Waals surface area contributed by atoms with Gasteiger partial charge in [-0.3, -0.25) is 9.69 Å². The number of carbonyl (C=O) groups is 1. The Hall–Kier alpha value is -1.99. The fourth-order valence-electron chi connectivity index (χ4n) is 3.34. The summed E-state index contributed by atoms with van der Waals surface area (Å²) in [6, 6.07) is 13.8. The number of fused-ring (bicyclic) bond motifs is 1. The van der Waals surface area contributed by atoms with Crippen molar-refractivity contribution in [3.05, 3.63) is 53.4 Å². The zero-order valence-electron chi connectivity index (χ0n) is 15.6. The van der Waals surface area contributed by atoms with Crippen LogP contribution in [0.2, 0.25) is 0 Å². The van der Waals surface area contributed by atoms with Crippen LogP contribution in [-0.2, 0) is 4.74 Å². The molecule has 4 rings (SSSR count). The van der Waals surface area contributed by atoms with Crippen molar-refractivity contribution in [1.82, 2.24) is 15.2 Å². The highest BCUT2D eigenvalue weighted by atomic mass is 35.5. The van der Waals surface area contributed by atoms with Crippen molar-refractivity contribution in [2.75, 3.05) is 39.4 Å². The molecule has 0 aliphatic carbocycles. The fraction of sp³-hybridized carbons (Fsp3) is 0.333. The van der Waals surface area contributed by atoms with E-state index in [1.807, 2.05) is 47.8 Å². The number of nitrogens with zero attached hydrogens (tertiary/aromatic N) is 2. The van der Waals surface area contributed by atoms with Crippen LogP contribution in [0.1, 0.15) is 16.8 Å². The van der Waals surface area contributed by atoms with Crippen LogP contribution in [0.15, 0.2) is 47.8 Å². The molecule has 0 bridgehead atoms. The molecule has 1 fully saturated rings. The SMILES string of the molecule is Cl.O=C(NCCCN1CCOCC1)c1cc(-c2cccs2)nc2ccccc12. The number of rotatable bonds is 6. The maximum atomic E-state index is 12.9. The molecule has 1 aromatic carbocycles. The summed E-state index contributed by atoms with van der Waals surface area (Å²) in [4.78, 5) is 21.0. The summed E-state index contributed by atoms with van der Waals surface area (Å²) in [5.41, 5.74) is 2.39. The molecular formula is C21H24ClN3O2S. The van der Waals surface area contributed by atoms with E-state index in [9.17, 15) is 4.79 Å². The van der Waals surface area contributed by atoms with Gasteiger partial charge in [0.1, 0.15) is 0 Å². The maximum Gasteiger partial charge on any atom is 0.252 e. The van der Waals surface area contributed by atoms with E-state index in [2.05, 4.69) is 10.2 Å². The summed E-state index contributed by atoms with van der Waals surface area (Å²) in [6.45, 7) is 5.23. The number of carbonyl (C=O) groups excluding carboxylic acids is 1. The molecule has 1 N–H and O–H groups in total. The van der Waals surface area contributed by atoms with E-state index < -0.39 is 0 Å². The lowest BCUT2D eigenvalue weighted by atomic mass is 10.1. The van der Waals surface area contributed by atoms with Gasteiger partial charge >= 0.3 is 0 Å². The van der Waals surface area contributed by atoms with Gasteiger partial charge in [0.15, 0.2) is 0 Å². The van der Waals surface area contributed by atoms with E-state index in [0.29, 0.717) is 12.1 Å². The van der Waals surface area contributed by atoms with Crippen LogP contribution >= 0.6 is 23.7 Å². The topological polar surface area (TPSA) is 54.5 Å². The van der Waals surface area contributed by atoms with Crippen molar-refractivity contribution >= 4 is 40.6 Å². The minimum absolute atomic E-state index is 0. The third-order valence-corrected chi connectivity index (χ3v) is 5.67. The Balaban J connectivity index is 0.00000225. The normalized spacial score (nSPS) is 14.6. The van der Waals surface area contributed by atoms with Crippen molar-refractivity contribution in [2.24, 2.45) is 0 Å². The Morgan fingerprint density at radius 3 is 2.79 bits per heavy atom. The van der Waals surface area contributed by atoms with Gasteiger partial charge in [-0.25, -0.2) is 4.98 Å². The molecule has 3 heterocycles. The van der Waals surface area contributed by atoms with Crippen LogP contribution in [-0.4, -0.2) is 55.2 Å². The van der Waals surface area contributed by atoms with Gasteiger partial charge in [0.05, 0.1) is 34.9 Å². The quantitative estimate of drug-likeness (QED) is 0.619. The molecule has 0 spiro atoms.